The van der Waals surface area contributed by atoms with E-state index in [4.69, 9.17) is 4.74 Å². The molecule has 1 aliphatic rings. The summed E-state index contributed by atoms with van der Waals surface area (Å²) < 4.78 is 6.40. The van der Waals surface area contributed by atoms with Gasteiger partial charge in [0, 0.05) is 16.7 Å². The molecule has 0 aliphatic carbocycles. The smallest absolute Gasteiger partial charge is 0.256 e. The molecule has 0 spiro atoms. The lowest BCUT2D eigenvalue weighted by molar-refractivity contribution is 0.0858. The van der Waals surface area contributed by atoms with Gasteiger partial charge in [0.25, 0.3) is 11.8 Å². The highest BCUT2D eigenvalue weighted by molar-refractivity contribution is 14.1. The minimum absolute atomic E-state index is 0.0786. The average molecular weight is 464 g/mol. The van der Waals surface area contributed by atoms with E-state index in [-0.39, 0.29) is 17.9 Å². The number of nitrogens with one attached hydrogen (secondary N) is 2. The number of carbonyl (C=O) groups is 2. The van der Waals surface area contributed by atoms with Gasteiger partial charge in [0.2, 0.25) is 0 Å². The van der Waals surface area contributed by atoms with Crippen LogP contribution in [0, 0.1) is 10.5 Å². The van der Waals surface area contributed by atoms with Gasteiger partial charge in [-0.15, -0.1) is 0 Å². The molecule has 26 heavy (non-hydrogen) atoms. The van der Waals surface area contributed by atoms with Crippen molar-refractivity contribution in [1.82, 2.24) is 5.32 Å². The van der Waals surface area contributed by atoms with E-state index in [1.165, 1.54) is 0 Å². The molecule has 1 atom stereocenters. The maximum Gasteiger partial charge on any atom is 0.256 e. The molecule has 2 N–H and O–H groups in total. The number of aryl methyl sites for hydroxylation is 1. The number of hydrogen-bond acceptors (Lipinski definition) is 3. The maximum absolute atomic E-state index is 12.6. The van der Waals surface area contributed by atoms with Crippen molar-refractivity contribution < 1.29 is 14.3 Å². The van der Waals surface area contributed by atoms with E-state index in [0.717, 1.165) is 28.6 Å². The summed E-state index contributed by atoms with van der Waals surface area (Å²) in [7, 11) is 0. The van der Waals surface area contributed by atoms with Gasteiger partial charge in [0.05, 0.1) is 22.9 Å². The predicted octanol–water partition coefficient (Wildman–Crippen LogP) is 3.76. The van der Waals surface area contributed by atoms with Crippen molar-refractivity contribution in [2.45, 2.75) is 25.9 Å². The molecule has 1 fully saturated rings. The largest absolute Gasteiger partial charge is 0.376 e. The van der Waals surface area contributed by atoms with Crippen LogP contribution >= 0.6 is 22.6 Å². The summed E-state index contributed by atoms with van der Waals surface area (Å²) in [6.45, 7) is 3.22. The Morgan fingerprint density at radius 3 is 2.69 bits per heavy atom. The number of anilines is 1. The van der Waals surface area contributed by atoms with Crippen LogP contribution in [0.15, 0.2) is 42.5 Å². The normalized spacial score (nSPS) is 16.3. The fraction of sp³-hybridized carbons (Fsp3) is 0.300. The highest BCUT2D eigenvalue weighted by Crippen LogP contribution is 2.20. The second-order valence-corrected chi connectivity index (χ2v) is 7.49. The number of halogens is 1. The Balaban J connectivity index is 1.71. The van der Waals surface area contributed by atoms with Crippen LogP contribution in [-0.2, 0) is 4.74 Å². The van der Waals surface area contributed by atoms with Gasteiger partial charge in [-0.25, -0.2) is 0 Å². The van der Waals surface area contributed by atoms with Crippen LogP contribution in [0.2, 0.25) is 0 Å². The van der Waals surface area contributed by atoms with E-state index in [0.29, 0.717) is 23.4 Å². The second-order valence-electron chi connectivity index (χ2n) is 6.33. The average Bonchev–Trinajstić information content (AvgIpc) is 3.13. The van der Waals surface area contributed by atoms with E-state index in [9.17, 15) is 9.59 Å². The first kappa shape index (κ1) is 18.8. The summed E-state index contributed by atoms with van der Waals surface area (Å²) >= 11 is 2.15. The molecule has 3 rings (SSSR count). The molecule has 0 unspecified atom stereocenters. The molecule has 1 saturated heterocycles. The van der Waals surface area contributed by atoms with Gasteiger partial charge in [0.15, 0.2) is 0 Å². The lowest BCUT2D eigenvalue weighted by Gasteiger charge is -2.14. The zero-order chi connectivity index (χ0) is 18.5. The molecule has 6 heteroatoms. The van der Waals surface area contributed by atoms with Gasteiger partial charge in [0.1, 0.15) is 0 Å². The molecule has 0 saturated carbocycles. The van der Waals surface area contributed by atoms with E-state index in [2.05, 4.69) is 33.2 Å². The quantitative estimate of drug-likeness (QED) is 0.663. The summed E-state index contributed by atoms with van der Waals surface area (Å²) in [6.07, 6.45) is 2.07. The first-order chi connectivity index (χ1) is 12.5. The molecular weight excluding hydrogens is 443 g/mol. The molecule has 2 aromatic carbocycles. The number of hydrogen-bond donors (Lipinski definition) is 2. The summed E-state index contributed by atoms with van der Waals surface area (Å²) in [5, 5.41) is 5.76. The molecule has 136 valence electrons. The first-order valence-corrected chi connectivity index (χ1v) is 9.69. The zero-order valence-electron chi connectivity index (χ0n) is 14.5. The van der Waals surface area contributed by atoms with Crippen molar-refractivity contribution >= 4 is 40.1 Å². The highest BCUT2D eigenvalue weighted by atomic mass is 127. The summed E-state index contributed by atoms with van der Waals surface area (Å²) in [4.78, 5) is 25.2. The lowest BCUT2D eigenvalue weighted by Crippen LogP contribution is -2.32. The molecule has 1 aliphatic heterocycles. The van der Waals surface area contributed by atoms with Crippen molar-refractivity contribution in [2.24, 2.45) is 0 Å². The number of benzene rings is 2. The van der Waals surface area contributed by atoms with Crippen molar-refractivity contribution in [2.75, 3.05) is 18.5 Å². The molecule has 0 bridgehead atoms. The summed E-state index contributed by atoms with van der Waals surface area (Å²) in [6, 6.07) is 12.7. The Bertz CT molecular complexity index is 816. The minimum atomic E-state index is -0.228. The van der Waals surface area contributed by atoms with Crippen LogP contribution in [-0.4, -0.2) is 31.1 Å². The number of para-hydroxylation sites is 1. The van der Waals surface area contributed by atoms with E-state index in [1.807, 2.05) is 19.1 Å². The molecule has 1 heterocycles. The Morgan fingerprint density at radius 1 is 1.15 bits per heavy atom. The Hall–Kier alpha value is -1.93. The molecule has 2 aromatic rings. The lowest BCUT2D eigenvalue weighted by atomic mass is 10.1. The van der Waals surface area contributed by atoms with E-state index < -0.39 is 0 Å². The van der Waals surface area contributed by atoms with Gasteiger partial charge in [-0.1, -0.05) is 23.8 Å². The third-order valence-electron chi connectivity index (χ3n) is 4.30. The molecule has 2 amide bonds. The van der Waals surface area contributed by atoms with Gasteiger partial charge in [-0.3, -0.25) is 9.59 Å². The third-order valence-corrected chi connectivity index (χ3v) is 5.20. The van der Waals surface area contributed by atoms with Gasteiger partial charge in [-0.2, -0.15) is 0 Å². The van der Waals surface area contributed by atoms with Crippen LogP contribution < -0.4 is 10.6 Å². The SMILES string of the molecule is Cc1ccc(C(=O)Nc2ccccc2C(=O)NC[C@H]2CCCO2)c(I)c1. The summed E-state index contributed by atoms with van der Waals surface area (Å²) in [5.74, 6) is -0.441. The van der Waals surface area contributed by atoms with Crippen LogP contribution in [0.25, 0.3) is 0 Å². The van der Waals surface area contributed by atoms with Crippen LogP contribution in [0.4, 0.5) is 5.69 Å². The van der Waals surface area contributed by atoms with E-state index >= 15 is 0 Å². The molecule has 0 radical (unpaired) electrons. The van der Waals surface area contributed by atoms with Crippen LogP contribution in [0.1, 0.15) is 39.1 Å². The van der Waals surface area contributed by atoms with Gasteiger partial charge < -0.3 is 15.4 Å². The molecule has 5 nitrogen and oxygen atoms in total. The Kier molecular flexibility index (Phi) is 6.26. The minimum Gasteiger partial charge on any atom is -0.376 e. The number of rotatable bonds is 5. The standard InChI is InChI=1S/C20H21IN2O3/c1-13-8-9-15(17(21)11-13)20(25)23-18-7-3-2-6-16(18)19(24)22-12-14-5-4-10-26-14/h2-3,6-9,11,14H,4-5,10,12H2,1H3,(H,22,24)(H,23,25)/t14-/m1/s1. The van der Waals surface area contributed by atoms with Crippen molar-refractivity contribution in [3.05, 3.63) is 62.7 Å². The third kappa shape index (κ3) is 4.62. The number of carbonyl (C=O) groups excluding carboxylic acids is 2. The van der Waals surface area contributed by atoms with Crippen molar-refractivity contribution in [1.29, 1.82) is 0 Å². The molecule has 0 aromatic heterocycles. The Morgan fingerprint density at radius 2 is 1.96 bits per heavy atom. The topological polar surface area (TPSA) is 67.4 Å². The predicted molar refractivity (Wildman–Crippen MR) is 110 cm³/mol. The molecular formula is C20H21IN2O3. The second kappa shape index (κ2) is 8.64. The van der Waals surface area contributed by atoms with Crippen LogP contribution in [0.5, 0.6) is 0 Å². The zero-order valence-corrected chi connectivity index (χ0v) is 16.7. The first-order valence-electron chi connectivity index (χ1n) is 8.61. The van der Waals surface area contributed by atoms with E-state index in [1.54, 1.807) is 30.3 Å². The highest BCUT2D eigenvalue weighted by Gasteiger charge is 2.19. The fourth-order valence-electron chi connectivity index (χ4n) is 2.89. The van der Waals surface area contributed by atoms with Gasteiger partial charge >= 0.3 is 0 Å². The van der Waals surface area contributed by atoms with Gasteiger partial charge in [-0.05, 0) is 66.6 Å². The number of ether oxygens (including phenoxy) is 1. The summed E-state index contributed by atoms with van der Waals surface area (Å²) in [5.41, 5.74) is 2.63. The Labute approximate surface area is 166 Å². The maximum atomic E-state index is 12.6. The fourth-order valence-corrected chi connectivity index (χ4v) is 3.81. The van der Waals surface area contributed by atoms with Crippen molar-refractivity contribution in [3.8, 4) is 0 Å². The monoisotopic (exact) mass is 464 g/mol. The van der Waals surface area contributed by atoms with Crippen LogP contribution in [0.3, 0.4) is 0 Å². The number of amides is 2. The van der Waals surface area contributed by atoms with Crippen molar-refractivity contribution in [3.63, 3.8) is 0 Å².